The summed E-state index contributed by atoms with van der Waals surface area (Å²) in [5, 5.41) is 9.92. The molecule has 88 valence electrons. The quantitative estimate of drug-likeness (QED) is 0.880. The third kappa shape index (κ3) is 2.94. The molecule has 0 saturated heterocycles. The summed E-state index contributed by atoms with van der Waals surface area (Å²) in [4.78, 5) is 11.4. The molecule has 0 aliphatic heterocycles. The fraction of sp³-hybridized carbons (Fsp3) is 0.0833. The summed E-state index contributed by atoms with van der Waals surface area (Å²) in [6.07, 6.45) is 1.78. The topological polar surface area (TPSA) is 42.2 Å². The van der Waals surface area contributed by atoms with Gasteiger partial charge in [-0.25, -0.2) is 0 Å². The van der Waals surface area contributed by atoms with Crippen LogP contribution in [-0.4, -0.2) is 31.7 Å². The van der Waals surface area contributed by atoms with Crippen molar-refractivity contribution in [1.29, 1.82) is 0 Å². The predicted molar refractivity (Wildman–Crippen MR) is 68.8 cm³/mol. The first-order valence-electron chi connectivity index (χ1n) is 4.99. The average molecular weight is 312 g/mol. The summed E-state index contributed by atoms with van der Waals surface area (Å²) in [6.45, 7) is 0. The van der Waals surface area contributed by atoms with Crippen LogP contribution in [0.25, 0.3) is 0 Å². The second kappa shape index (κ2) is 5.45. The van der Waals surface area contributed by atoms with Crippen molar-refractivity contribution in [2.24, 2.45) is 0 Å². The zero-order chi connectivity index (χ0) is 12.3. The number of hydrogen-bond donors (Lipinski definition) is 1. The Morgan fingerprint density at radius 2 is 1.94 bits per heavy atom. The van der Waals surface area contributed by atoms with Crippen LogP contribution in [0.3, 0.4) is 0 Å². The number of rotatable bonds is 4. The summed E-state index contributed by atoms with van der Waals surface area (Å²) >= 11 is 3.72. The molecule has 2 rings (SSSR count). The van der Waals surface area contributed by atoms with Crippen molar-refractivity contribution < 1.29 is 9.90 Å². The molecule has 0 saturated carbocycles. The Morgan fingerprint density at radius 3 is 2.59 bits per heavy atom. The van der Waals surface area contributed by atoms with Crippen molar-refractivity contribution in [2.45, 2.75) is 14.9 Å². The van der Waals surface area contributed by atoms with Gasteiger partial charge in [-0.2, -0.15) is 0 Å². The molecule has 0 aliphatic carbocycles. The van der Waals surface area contributed by atoms with Gasteiger partial charge < -0.3 is 0 Å². The number of aliphatic carboxylic acids is 1. The molecule has 17 heavy (non-hydrogen) atoms. The van der Waals surface area contributed by atoms with Gasteiger partial charge in [0, 0.05) is 0 Å². The van der Waals surface area contributed by atoms with Crippen LogP contribution in [0.15, 0.2) is 58.6 Å². The van der Waals surface area contributed by atoms with Gasteiger partial charge in [-0.05, 0) is 0 Å². The van der Waals surface area contributed by atoms with E-state index in [2.05, 4.69) is 16.0 Å². The van der Waals surface area contributed by atoms with Crippen molar-refractivity contribution >= 4 is 33.7 Å². The van der Waals surface area contributed by atoms with E-state index in [1.807, 2.05) is 42.5 Å². The molecule has 5 heteroatoms. The van der Waals surface area contributed by atoms with E-state index in [4.69, 9.17) is 5.11 Å². The van der Waals surface area contributed by atoms with E-state index in [1.165, 1.54) is 0 Å². The molecule has 0 spiro atoms. The van der Waals surface area contributed by atoms with Crippen molar-refractivity contribution in [2.75, 3.05) is 0 Å². The maximum atomic E-state index is 11.0. The van der Waals surface area contributed by atoms with Crippen LogP contribution in [0.2, 0.25) is 0 Å². The van der Waals surface area contributed by atoms with Crippen molar-refractivity contribution in [1.82, 2.24) is 4.57 Å². The molecule has 0 fully saturated rings. The molecule has 0 amide bonds. The zero-order valence-corrected chi connectivity index (χ0v) is 11.5. The maximum absolute atomic E-state index is 11.0. The molecular weight excluding hydrogens is 301 g/mol. The van der Waals surface area contributed by atoms with Gasteiger partial charge in [-0.15, -0.1) is 0 Å². The Labute approximate surface area is 112 Å². The first-order valence-corrected chi connectivity index (χ1v) is 6.89. The number of carbonyl (C=O) groups is 1. The van der Waals surface area contributed by atoms with Crippen LogP contribution >= 0.6 is 11.8 Å². The van der Waals surface area contributed by atoms with E-state index in [0.29, 0.717) is 0 Å². The molecule has 1 atom stereocenters. The van der Waals surface area contributed by atoms with Crippen LogP contribution in [0, 0.1) is 0 Å². The van der Waals surface area contributed by atoms with Gasteiger partial charge >= 0.3 is 112 Å². The van der Waals surface area contributed by atoms with Gasteiger partial charge in [0.05, 0.1) is 0 Å². The first kappa shape index (κ1) is 12.3. The van der Waals surface area contributed by atoms with Gasteiger partial charge in [0.15, 0.2) is 0 Å². The molecular formula is C12H11NO2SSe. The van der Waals surface area contributed by atoms with Crippen molar-refractivity contribution in [3.05, 3.63) is 48.7 Å². The molecule has 3 nitrogen and oxygen atoms in total. The van der Waals surface area contributed by atoms with Crippen LogP contribution in [0.4, 0.5) is 0 Å². The summed E-state index contributed by atoms with van der Waals surface area (Å²) in [7, 11) is 0. The van der Waals surface area contributed by atoms with E-state index in [1.54, 1.807) is 22.5 Å². The SMILES string of the molecule is O=C(O)C([SeH])n1cccc1Sc1ccccc1. The Balaban J connectivity index is 2.23. The average Bonchev–Trinajstić information content (AvgIpc) is 2.77. The number of aromatic nitrogens is 1. The summed E-state index contributed by atoms with van der Waals surface area (Å²) in [5.41, 5.74) is 0. The molecule has 1 heterocycles. The molecule has 2 aromatic rings. The van der Waals surface area contributed by atoms with Gasteiger partial charge in [0.1, 0.15) is 0 Å². The standard InChI is InChI=1S/C12H11NO2SSe/c14-12(15)11(17)13-8-4-7-10(13)16-9-5-2-1-3-6-9/h1-8,11,17H,(H,14,15). The molecule has 1 unspecified atom stereocenters. The molecule has 0 bridgehead atoms. The Bertz CT molecular complexity index is 512. The number of carboxylic acid groups (broad SMARTS) is 1. The first-order chi connectivity index (χ1) is 8.18. The summed E-state index contributed by atoms with van der Waals surface area (Å²) in [5.74, 6) is -0.851. The number of nitrogens with zero attached hydrogens (tertiary/aromatic N) is 1. The minimum atomic E-state index is -0.851. The molecule has 0 aliphatic rings. The normalized spacial score (nSPS) is 12.3. The molecule has 0 radical (unpaired) electrons. The fourth-order valence-electron chi connectivity index (χ4n) is 1.39. The third-order valence-corrected chi connectivity index (χ3v) is 4.24. The van der Waals surface area contributed by atoms with E-state index in [0.717, 1.165) is 9.92 Å². The summed E-state index contributed by atoms with van der Waals surface area (Å²) in [6, 6.07) is 13.7. The minimum absolute atomic E-state index is 0.608. The number of benzene rings is 1. The van der Waals surface area contributed by atoms with Crippen LogP contribution < -0.4 is 0 Å². The van der Waals surface area contributed by atoms with E-state index in [9.17, 15) is 4.79 Å². The number of carboxylic acids is 1. The summed E-state index contributed by atoms with van der Waals surface area (Å²) < 4.78 is 1.74. The van der Waals surface area contributed by atoms with Crippen molar-refractivity contribution in [3.8, 4) is 0 Å². The van der Waals surface area contributed by atoms with Crippen LogP contribution in [-0.2, 0) is 4.79 Å². The number of hydrogen-bond acceptors (Lipinski definition) is 2. The van der Waals surface area contributed by atoms with Gasteiger partial charge in [-0.1, -0.05) is 0 Å². The predicted octanol–water partition coefficient (Wildman–Crippen LogP) is 2.12. The zero-order valence-electron chi connectivity index (χ0n) is 8.85. The third-order valence-electron chi connectivity index (χ3n) is 2.19. The van der Waals surface area contributed by atoms with E-state index in [-0.39, 0.29) is 0 Å². The second-order valence-electron chi connectivity index (χ2n) is 3.38. The monoisotopic (exact) mass is 313 g/mol. The van der Waals surface area contributed by atoms with Crippen molar-refractivity contribution in [3.63, 3.8) is 0 Å². The van der Waals surface area contributed by atoms with E-state index < -0.39 is 10.9 Å². The Kier molecular flexibility index (Phi) is 3.94. The molecule has 1 aromatic carbocycles. The fourth-order valence-corrected chi connectivity index (χ4v) is 2.94. The Morgan fingerprint density at radius 1 is 1.24 bits per heavy atom. The second-order valence-corrected chi connectivity index (χ2v) is 5.50. The Hall–Kier alpha value is -1.16. The molecule has 1 aromatic heterocycles. The molecule has 1 N–H and O–H groups in total. The van der Waals surface area contributed by atoms with Gasteiger partial charge in [-0.3, -0.25) is 0 Å². The van der Waals surface area contributed by atoms with Crippen LogP contribution in [0.5, 0.6) is 0 Å². The van der Waals surface area contributed by atoms with E-state index >= 15 is 0 Å². The van der Waals surface area contributed by atoms with Gasteiger partial charge in [0.25, 0.3) is 0 Å². The van der Waals surface area contributed by atoms with Gasteiger partial charge in [0.2, 0.25) is 0 Å². The van der Waals surface area contributed by atoms with Crippen LogP contribution in [0.1, 0.15) is 4.94 Å².